The third kappa shape index (κ3) is 4.35. The smallest absolute Gasteiger partial charge is 0.234 e. The van der Waals surface area contributed by atoms with Crippen LogP contribution < -0.4 is 5.32 Å². The Kier molecular flexibility index (Phi) is 5.61. The minimum Gasteiger partial charge on any atom is -0.467 e. The van der Waals surface area contributed by atoms with Crippen LogP contribution in [0.1, 0.15) is 58.0 Å². The molecule has 0 aliphatic heterocycles. The minimum absolute atomic E-state index is 0.00715. The van der Waals surface area contributed by atoms with Crippen molar-refractivity contribution in [1.29, 1.82) is 5.26 Å². The van der Waals surface area contributed by atoms with Crippen molar-refractivity contribution in [2.75, 3.05) is 0 Å². The number of carbonyl (C=O) groups excluding carboxylic acids is 1. The lowest BCUT2D eigenvalue weighted by Gasteiger charge is -2.28. The molecule has 3 rings (SSSR count). The summed E-state index contributed by atoms with van der Waals surface area (Å²) in [5.74, 6) is 2.04. The fraction of sp³-hybridized carbons (Fsp3) is 0.579. The molecule has 1 fully saturated rings. The van der Waals surface area contributed by atoms with Gasteiger partial charge in [-0.25, -0.2) is 0 Å². The molecule has 0 spiro atoms. The fourth-order valence-corrected chi connectivity index (χ4v) is 3.46. The van der Waals surface area contributed by atoms with Crippen LogP contribution >= 0.6 is 11.8 Å². The number of nitriles is 1. The van der Waals surface area contributed by atoms with Gasteiger partial charge in [-0.2, -0.15) is 5.26 Å². The van der Waals surface area contributed by atoms with Crippen LogP contribution in [0.25, 0.3) is 0 Å². The van der Waals surface area contributed by atoms with Crippen LogP contribution in [0, 0.1) is 17.2 Å². The number of rotatable bonds is 8. The Morgan fingerprint density at radius 1 is 1.48 bits per heavy atom. The maximum atomic E-state index is 12.6. The molecule has 2 aromatic heterocycles. The molecule has 0 saturated heterocycles. The van der Waals surface area contributed by atoms with Gasteiger partial charge in [0.25, 0.3) is 0 Å². The number of thioether (sulfide) groups is 1. The van der Waals surface area contributed by atoms with Crippen molar-refractivity contribution in [3.05, 3.63) is 30.0 Å². The molecule has 0 radical (unpaired) electrons. The molecule has 1 aliphatic rings. The van der Waals surface area contributed by atoms with Gasteiger partial charge in [0.1, 0.15) is 17.1 Å². The van der Waals surface area contributed by atoms with Crippen molar-refractivity contribution in [2.24, 2.45) is 5.92 Å². The van der Waals surface area contributed by atoms with Crippen LogP contribution in [-0.4, -0.2) is 31.5 Å². The van der Waals surface area contributed by atoms with E-state index >= 15 is 0 Å². The average Bonchev–Trinajstić information content (AvgIpc) is 3.21. The Balaban J connectivity index is 1.75. The van der Waals surface area contributed by atoms with Crippen LogP contribution in [0.4, 0.5) is 0 Å². The highest BCUT2D eigenvalue weighted by molar-refractivity contribution is 8.00. The second-order valence-corrected chi connectivity index (χ2v) is 8.81. The first-order valence-electron chi connectivity index (χ1n) is 9.19. The van der Waals surface area contributed by atoms with E-state index in [1.54, 1.807) is 13.2 Å². The van der Waals surface area contributed by atoms with Gasteiger partial charge in [0, 0.05) is 5.92 Å². The second-order valence-electron chi connectivity index (χ2n) is 7.50. The van der Waals surface area contributed by atoms with E-state index in [1.807, 2.05) is 37.5 Å². The van der Waals surface area contributed by atoms with Crippen LogP contribution in [0.5, 0.6) is 0 Å². The highest BCUT2D eigenvalue weighted by atomic mass is 32.2. The summed E-state index contributed by atoms with van der Waals surface area (Å²) in [4.78, 5) is 12.6. The van der Waals surface area contributed by atoms with Gasteiger partial charge in [-0.05, 0) is 44.7 Å². The molecular weight excluding hydrogens is 362 g/mol. The number of hydrogen-bond acceptors (Lipinski definition) is 6. The van der Waals surface area contributed by atoms with Crippen molar-refractivity contribution in [3.63, 3.8) is 0 Å². The number of amides is 1. The summed E-state index contributed by atoms with van der Waals surface area (Å²) >= 11 is 1.36. The van der Waals surface area contributed by atoms with Gasteiger partial charge >= 0.3 is 0 Å². The normalized spacial score (nSPS) is 17.3. The maximum Gasteiger partial charge on any atom is 0.234 e. The zero-order chi connectivity index (χ0) is 19.6. The Morgan fingerprint density at radius 3 is 2.78 bits per heavy atom. The number of nitrogens with one attached hydrogen (secondary N) is 1. The highest BCUT2D eigenvalue weighted by Crippen LogP contribution is 2.40. The predicted octanol–water partition coefficient (Wildman–Crippen LogP) is 3.33. The standard InChI is InChI=1S/C19H25N5O2S/c1-12(2)19(4,11-20)21-17(25)13(3)27-18-23-22-16(14-7-8-14)24(18)10-15-6-5-9-26-15/h5-6,9,12-14H,7-8,10H2,1-4H3,(H,21,25)/t13-,19-/m1/s1. The van der Waals surface area contributed by atoms with Gasteiger partial charge in [0.15, 0.2) is 5.16 Å². The fourth-order valence-electron chi connectivity index (χ4n) is 2.61. The van der Waals surface area contributed by atoms with Gasteiger partial charge in [-0.15, -0.1) is 10.2 Å². The zero-order valence-corrected chi connectivity index (χ0v) is 16.9. The SMILES string of the molecule is CC(C)[C@@](C)(C#N)NC(=O)[C@@H](C)Sc1nnc(C2CC2)n1Cc1ccco1. The first-order chi connectivity index (χ1) is 12.8. The molecule has 1 amide bonds. The van der Waals surface area contributed by atoms with Crippen molar-refractivity contribution in [2.45, 2.75) is 68.9 Å². The summed E-state index contributed by atoms with van der Waals surface area (Å²) < 4.78 is 7.51. The molecule has 2 atom stereocenters. The Bertz CT molecular complexity index is 835. The number of furan rings is 1. The number of nitrogens with zero attached hydrogens (tertiary/aromatic N) is 4. The molecule has 8 heteroatoms. The lowest BCUT2D eigenvalue weighted by molar-refractivity contribution is -0.121. The molecule has 0 aromatic carbocycles. The van der Waals surface area contributed by atoms with Crippen molar-refractivity contribution >= 4 is 17.7 Å². The molecule has 2 heterocycles. The van der Waals surface area contributed by atoms with E-state index in [0.717, 1.165) is 24.4 Å². The van der Waals surface area contributed by atoms with E-state index in [9.17, 15) is 10.1 Å². The van der Waals surface area contributed by atoms with Crippen molar-refractivity contribution < 1.29 is 9.21 Å². The Morgan fingerprint density at radius 2 is 2.22 bits per heavy atom. The Labute approximate surface area is 163 Å². The monoisotopic (exact) mass is 387 g/mol. The van der Waals surface area contributed by atoms with Crippen LogP contribution in [0.3, 0.4) is 0 Å². The van der Waals surface area contributed by atoms with E-state index in [0.29, 0.717) is 17.6 Å². The van der Waals surface area contributed by atoms with Crippen molar-refractivity contribution in [3.8, 4) is 6.07 Å². The molecule has 0 unspecified atom stereocenters. The third-order valence-corrected chi connectivity index (χ3v) is 6.08. The van der Waals surface area contributed by atoms with E-state index in [1.165, 1.54) is 11.8 Å². The maximum absolute atomic E-state index is 12.6. The largest absolute Gasteiger partial charge is 0.467 e. The van der Waals surface area contributed by atoms with E-state index in [2.05, 4.69) is 21.6 Å². The van der Waals surface area contributed by atoms with Crippen molar-refractivity contribution in [1.82, 2.24) is 20.1 Å². The first kappa shape index (κ1) is 19.5. The third-order valence-electron chi connectivity index (χ3n) is 5.00. The summed E-state index contributed by atoms with van der Waals surface area (Å²) in [5.41, 5.74) is -0.896. The topological polar surface area (TPSA) is 96.7 Å². The summed E-state index contributed by atoms with van der Waals surface area (Å²) in [6, 6.07) is 5.98. The average molecular weight is 388 g/mol. The van der Waals surface area contributed by atoms with Crippen LogP contribution in [0.2, 0.25) is 0 Å². The summed E-state index contributed by atoms with van der Waals surface area (Å²) in [6.07, 6.45) is 3.88. The number of carbonyl (C=O) groups is 1. The van der Waals surface area contributed by atoms with Gasteiger partial charge in [0.2, 0.25) is 5.91 Å². The molecule has 0 bridgehead atoms. The van der Waals surface area contributed by atoms with Gasteiger partial charge < -0.3 is 9.73 Å². The van der Waals surface area contributed by atoms with E-state index < -0.39 is 10.8 Å². The quantitative estimate of drug-likeness (QED) is 0.698. The molecule has 1 aliphatic carbocycles. The molecular formula is C19H25N5O2S. The number of aromatic nitrogens is 3. The summed E-state index contributed by atoms with van der Waals surface area (Å²) in [5, 5.41) is 21.3. The molecule has 144 valence electrons. The van der Waals surface area contributed by atoms with E-state index in [4.69, 9.17) is 4.42 Å². The predicted molar refractivity (Wildman–Crippen MR) is 102 cm³/mol. The van der Waals surface area contributed by atoms with E-state index in [-0.39, 0.29) is 11.8 Å². The Hall–Kier alpha value is -2.27. The lowest BCUT2D eigenvalue weighted by Crippen LogP contribution is -2.51. The lowest BCUT2D eigenvalue weighted by atomic mass is 9.90. The minimum atomic E-state index is -0.896. The summed E-state index contributed by atoms with van der Waals surface area (Å²) in [6.45, 7) is 7.95. The molecule has 27 heavy (non-hydrogen) atoms. The first-order valence-corrected chi connectivity index (χ1v) is 10.1. The number of hydrogen-bond donors (Lipinski definition) is 1. The molecule has 7 nitrogen and oxygen atoms in total. The van der Waals surface area contributed by atoms with Gasteiger partial charge in [-0.1, -0.05) is 25.6 Å². The second kappa shape index (κ2) is 7.77. The summed E-state index contributed by atoms with van der Waals surface area (Å²) in [7, 11) is 0. The molecule has 1 saturated carbocycles. The van der Waals surface area contributed by atoms with Gasteiger partial charge in [-0.3, -0.25) is 9.36 Å². The zero-order valence-electron chi connectivity index (χ0n) is 16.1. The van der Waals surface area contributed by atoms with Crippen LogP contribution in [-0.2, 0) is 11.3 Å². The van der Waals surface area contributed by atoms with Crippen LogP contribution in [0.15, 0.2) is 28.0 Å². The molecule has 1 N–H and O–H groups in total. The van der Waals surface area contributed by atoms with Gasteiger partial charge in [0.05, 0.1) is 24.1 Å². The molecule has 2 aromatic rings. The highest BCUT2D eigenvalue weighted by Gasteiger charge is 2.34.